The second-order valence-electron chi connectivity index (χ2n) is 11.5. The number of nitrogens with zero attached hydrogens (tertiary/aromatic N) is 4. The van der Waals surface area contributed by atoms with Crippen LogP contribution in [0, 0.1) is 35.8 Å². The number of rotatable bonds is 18. The second kappa shape index (κ2) is 18.6. The monoisotopic (exact) mass is 680 g/mol. The number of thiophene rings is 4. The molecular weight excluding hydrogens is 641 g/mol. The fraction of sp³-hybridized carbons (Fsp3) is 0.421. The van der Waals surface area contributed by atoms with Crippen molar-refractivity contribution in [1.82, 2.24) is 0 Å². The molecule has 0 unspecified atom stereocenters. The van der Waals surface area contributed by atoms with Gasteiger partial charge in [-0.1, -0.05) is 78.1 Å². The van der Waals surface area contributed by atoms with Crippen LogP contribution in [0.1, 0.15) is 112 Å². The Bertz CT molecular complexity index is 1640. The molecule has 46 heavy (non-hydrogen) atoms. The van der Waals surface area contributed by atoms with Crippen LogP contribution in [0.2, 0.25) is 0 Å². The van der Waals surface area contributed by atoms with E-state index in [1.54, 1.807) is 57.5 Å². The Kier molecular flexibility index (Phi) is 14.3. The van der Waals surface area contributed by atoms with Crippen molar-refractivity contribution in [1.29, 1.82) is 10.5 Å². The van der Waals surface area contributed by atoms with E-state index in [-0.39, 0.29) is 11.4 Å². The summed E-state index contributed by atoms with van der Waals surface area (Å²) in [6.07, 6.45) is 20.3. The number of hydrogen-bond acceptors (Lipinski definition) is 6. The van der Waals surface area contributed by atoms with Crippen molar-refractivity contribution < 1.29 is 0 Å². The van der Waals surface area contributed by atoms with Gasteiger partial charge in [-0.05, 0) is 73.2 Å². The summed E-state index contributed by atoms with van der Waals surface area (Å²) in [5, 5.41) is 18.8. The Morgan fingerprint density at radius 2 is 0.957 bits per heavy atom. The molecule has 0 aliphatic heterocycles. The van der Waals surface area contributed by atoms with Gasteiger partial charge >= 0.3 is 0 Å². The zero-order valence-electron chi connectivity index (χ0n) is 26.8. The number of unbranched alkanes of at least 4 members (excludes halogenated alkanes) is 10. The molecule has 0 N–H and O–H groups in total. The predicted molar refractivity (Wildman–Crippen MR) is 201 cm³/mol. The fourth-order valence-electron chi connectivity index (χ4n) is 5.46. The highest BCUT2D eigenvalue weighted by Gasteiger charge is 2.17. The van der Waals surface area contributed by atoms with Gasteiger partial charge in [-0.3, -0.25) is 0 Å². The molecule has 0 spiro atoms. The van der Waals surface area contributed by atoms with E-state index in [0.717, 1.165) is 35.4 Å². The van der Waals surface area contributed by atoms with Crippen LogP contribution in [0.15, 0.2) is 35.7 Å². The van der Waals surface area contributed by atoms with Gasteiger partial charge in [0.15, 0.2) is 0 Å². The molecule has 0 saturated carbocycles. The van der Waals surface area contributed by atoms with E-state index >= 15 is 0 Å². The summed E-state index contributed by atoms with van der Waals surface area (Å²) in [6, 6.07) is 13.2. The highest BCUT2D eigenvalue weighted by molar-refractivity contribution is 7.33. The fourth-order valence-corrected chi connectivity index (χ4v) is 10.3. The van der Waals surface area contributed by atoms with E-state index in [9.17, 15) is 10.5 Å². The molecule has 4 aromatic rings. The summed E-state index contributed by atoms with van der Waals surface area (Å²) in [6.45, 7) is 19.2. The van der Waals surface area contributed by atoms with Gasteiger partial charge in [-0.25, -0.2) is 20.2 Å². The second-order valence-corrected chi connectivity index (χ2v) is 15.8. The molecule has 0 atom stereocenters. The Hall–Kier alpha value is -3.50. The maximum absolute atomic E-state index is 9.40. The van der Waals surface area contributed by atoms with Gasteiger partial charge in [0.2, 0.25) is 0 Å². The lowest BCUT2D eigenvalue weighted by Gasteiger charge is -2.01. The largest absolute Gasteiger partial charge is 0.263 e. The smallest absolute Gasteiger partial charge is 0.227 e. The first-order valence-corrected chi connectivity index (χ1v) is 19.6. The first kappa shape index (κ1) is 35.4. The molecule has 4 heterocycles. The van der Waals surface area contributed by atoms with Crippen molar-refractivity contribution in [2.45, 2.75) is 104 Å². The minimum atomic E-state index is 0.133. The van der Waals surface area contributed by atoms with Crippen LogP contribution in [0.3, 0.4) is 0 Å². The van der Waals surface area contributed by atoms with E-state index in [1.165, 1.54) is 104 Å². The van der Waals surface area contributed by atoms with Gasteiger partial charge in [-0.15, -0.1) is 45.3 Å². The molecule has 0 aliphatic rings. The molecule has 8 heteroatoms. The van der Waals surface area contributed by atoms with Gasteiger partial charge in [0.1, 0.15) is 0 Å². The van der Waals surface area contributed by atoms with Crippen LogP contribution in [-0.4, -0.2) is 0 Å². The zero-order valence-corrected chi connectivity index (χ0v) is 30.1. The maximum atomic E-state index is 9.40. The van der Waals surface area contributed by atoms with Gasteiger partial charge in [0.25, 0.3) is 11.4 Å². The summed E-state index contributed by atoms with van der Waals surface area (Å²) in [7, 11) is 0. The zero-order chi connectivity index (χ0) is 32.7. The minimum absolute atomic E-state index is 0.133. The quantitative estimate of drug-likeness (QED) is 0.0596. The summed E-state index contributed by atoms with van der Waals surface area (Å²) < 4.78 is 2.50. The van der Waals surface area contributed by atoms with E-state index in [2.05, 4.69) is 47.8 Å². The van der Waals surface area contributed by atoms with Crippen LogP contribution >= 0.6 is 45.3 Å². The Morgan fingerprint density at radius 1 is 0.587 bits per heavy atom. The SMILES string of the molecule is [C-]#[N+]/C(C#N)=C\c1sc(-c2cc3sc(-c4cc(CCCCCCCC)c(/C=C(\C#N)[N+]#[C-])s4)cc3s2)cc1CCCCCCCC. The Morgan fingerprint density at radius 3 is 1.33 bits per heavy atom. The lowest BCUT2D eigenvalue weighted by molar-refractivity contribution is 0.608. The topological polar surface area (TPSA) is 56.3 Å². The molecule has 0 bridgehead atoms. The van der Waals surface area contributed by atoms with Gasteiger partial charge in [0.05, 0.1) is 25.3 Å². The molecule has 0 aromatic carbocycles. The summed E-state index contributed by atoms with van der Waals surface area (Å²) in [4.78, 5) is 13.7. The number of nitriles is 2. The van der Waals surface area contributed by atoms with Crippen molar-refractivity contribution in [2.24, 2.45) is 0 Å². The molecule has 0 fully saturated rings. The number of aryl methyl sites for hydroxylation is 2. The van der Waals surface area contributed by atoms with Crippen LogP contribution in [0.25, 0.3) is 50.8 Å². The van der Waals surface area contributed by atoms with Crippen LogP contribution < -0.4 is 0 Å². The molecule has 4 rings (SSSR count). The molecule has 0 aliphatic carbocycles. The van der Waals surface area contributed by atoms with E-state index < -0.39 is 0 Å². The molecule has 0 radical (unpaired) electrons. The first-order valence-electron chi connectivity index (χ1n) is 16.3. The van der Waals surface area contributed by atoms with Crippen molar-refractivity contribution in [3.63, 3.8) is 0 Å². The average molecular weight is 681 g/mol. The van der Waals surface area contributed by atoms with Crippen molar-refractivity contribution in [3.05, 3.63) is 79.4 Å². The summed E-state index contributed by atoms with van der Waals surface area (Å²) in [5.41, 5.74) is 2.73. The lowest BCUT2D eigenvalue weighted by Crippen LogP contribution is -1.86. The molecular formula is C38H40N4S4. The number of hydrogen-bond donors (Lipinski definition) is 0. The third-order valence-corrected chi connectivity index (χ3v) is 12.9. The maximum Gasteiger partial charge on any atom is 0.263 e. The Labute approximate surface area is 290 Å². The first-order chi connectivity index (χ1) is 22.5. The van der Waals surface area contributed by atoms with Gasteiger partial charge in [-0.2, -0.15) is 0 Å². The van der Waals surface area contributed by atoms with E-state index in [1.807, 2.05) is 12.1 Å². The van der Waals surface area contributed by atoms with Gasteiger partial charge < -0.3 is 0 Å². The standard InChI is InChI=1S/C38H40N4S4/c1-5-7-9-11-13-15-17-27-19-33(43-31(27)21-29(25-39)41-3)35-23-37-38(45-35)24-36(46-37)34-20-28(18-16-14-12-10-8-6-2)32(44-34)22-30(26-40)42-4/h19-24H,5-18H2,1-2H3/b29-21-,30-22+. The molecule has 0 saturated heterocycles. The minimum Gasteiger partial charge on any atom is -0.227 e. The van der Waals surface area contributed by atoms with E-state index in [4.69, 9.17) is 13.1 Å². The van der Waals surface area contributed by atoms with Crippen molar-refractivity contribution >= 4 is 66.9 Å². The van der Waals surface area contributed by atoms with Crippen molar-refractivity contribution in [3.8, 4) is 31.6 Å². The lowest BCUT2D eigenvalue weighted by atomic mass is 10.0. The molecule has 4 nitrogen and oxygen atoms in total. The molecule has 4 aromatic heterocycles. The van der Waals surface area contributed by atoms with E-state index in [0.29, 0.717) is 0 Å². The number of allylic oxidation sites excluding steroid dienone is 2. The normalized spacial score (nSPS) is 11.8. The third kappa shape index (κ3) is 9.75. The number of fused-ring (bicyclic) bond motifs is 1. The van der Waals surface area contributed by atoms with Gasteiger partial charge in [0, 0.05) is 38.7 Å². The summed E-state index contributed by atoms with van der Waals surface area (Å²) in [5.74, 6) is 0. The summed E-state index contributed by atoms with van der Waals surface area (Å²) >= 11 is 6.95. The Balaban J connectivity index is 1.56. The van der Waals surface area contributed by atoms with Crippen molar-refractivity contribution in [2.75, 3.05) is 0 Å². The molecule has 236 valence electrons. The van der Waals surface area contributed by atoms with Crippen LogP contribution in [-0.2, 0) is 12.8 Å². The molecule has 0 amide bonds. The highest BCUT2D eigenvalue weighted by atomic mass is 32.1. The predicted octanol–water partition coefficient (Wildman–Crippen LogP) is 13.8. The average Bonchev–Trinajstić information content (AvgIpc) is 3.85. The third-order valence-electron chi connectivity index (χ3n) is 7.98. The highest BCUT2D eigenvalue weighted by Crippen LogP contribution is 2.46. The van der Waals surface area contributed by atoms with Crippen LogP contribution in [0.5, 0.6) is 0 Å². The van der Waals surface area contributed by atoms with Crippen LogP contribution in [0.4, 0.5) is 0 Å².